The highest BCUT2D eigenvalue weighted by atomic mass is 35.5. The molecular weight excluding hydrogens is 286 g/mol. The van der Waals surface area contributed by atoms with E-state index in [1.54, 1.807) is 18.2 Å². The summed E-state index contributed by atoms with van der Waals surface area (Å²) in [7, 11) is 0. The van der Waals surface area contributed by atoms with Crippen molar-refractivity contribution in [1.29, 1.82) is 0 Å². The van der Waals surface area contributed by atoms with Crippen molar-refractivity contribution in [2.24, 2.45) is 0 Å². The average molecular weight is 299 g/mol. The zero-order valence-electron chi connectivity index (χ0n) is 10.5. The van der Waals surface area contributed by atoms with Gasteiger partial charge in [0.15, 0.2) is 6.61 Å². The Balaban J connectivity index is 2.12. The summed E-state index contributed by atoms with van der Waals surface area (Å²) in [6, 6.07) is 11.9. The monoisotopic (exact) mass is 298 g/mol. The van der Waals surface area contributed by atoms with Gasteiger partial charge in [0.05, 0.1) is 6.61 Å². The lowest BCUT2D eigenvalue weighted by atomic mass is 10.1. The van der Waals surface area contributed by atoms with Crippen LogP contribution in [0.2, 0.25) is 5.02 Å². The molecule has 0 fully saturated rings. The van der Waals surface area contributed by atoms with Gasteiger partial charge < -0.3 is 9.84 Å². The first-order valence-corrected chi connectivity index (χ1v) is 6.36. The molecule has 106 valence electrons. The van der Waals surface area contributed by atoms with Crippen molar-refractivity contribution in [2.45, 2.75) is 12.5 Å². The second-order valence-corrected chi connectivity index (χ2v) is 4.71. The Morgan fingerprint density at radius 2 is 1.80 bits per heavy atom. The Labute approximate surface area is 120 Å². The highest BCUT2D eigenvalue weighted by molar-refractivity contribution is 6.30. The summed E-state index contributed by atoms with van der Waals surface area (Å²) in [5, 5.41) is 9.58. The summed E-state index contributed by atoms with van der Waals surface area (Å²) >= 11 is 5.77. The van der Waals surface area contributed by atoms with E-state index in [0.29, 0.717) is 10.6 Å². The van der Waals surface area contributed by atoms with E-state index in [1.165, 1.54) is 30.3 Å². The van der Waals surface area contributed by atoms with Crippen molar-refractivity contribution in [2.75, 3.05) is 6.61 Å². The van der Waals surface area contributed by atoms with E-state index in [4.69, 9.17) is 21.4 Å². The summed E-state index contributed by atoms with van der Waals surface area (Å²) in [6.07, 6.45) is 0. The Hall–Kier alpha value is -1.65. The first kappa shape index (κ1) is 14.8. The van der Waals surface area contributed by atoms with Crippen LogP contribution in [-0.4, -0.2) is 11.7 Å². The predicted molar refractivity (Wildman–Crippen MR) is 73.2 cm³/mol. The third-order valence-corrected chi connectivity index (χ3v) is 3.03. The number of alkyl halides is 2. The molecule has 2 aromatic rings. The van der Waals surface area contributed by atoms with Crippen LogP contribution in [0.15, 0.2) is 48.5 Å². The van der Waals surface area contributed by atoms with Crippen LogP contribution in [0.25, 0.3) is 0 Å². The number of hydrogen-bond donors (Lipinski definition) is 1. The van der Waals surface area contributed by atoms with Crippen molar-refractivity contribution in [1.82, 2.24) is 0 Å². The molecule has 2 aromatic carbocycles. The highest BCUT2D eigenvalue weighted by Gasteiger charge is 2.32. The molecule has 0 unspecified atom stereocenters. The van der Waals surface area contributed by atoms with Crippen LogP contribution in [0.1, 0.15) is 11.1 Å². The summed E-state index contributed by atoms with van der Waals surface area (Å²) in [6.45, 7) is -1.13. The lowest BCUT2D eigenvalue weighted by Gasteiger charge is -2.18. The standard InChI is InChI=1S/C15H13ClF2O2/c16-13-6-7-14(11(8-13)9-19)20-10-15(17,18)12-4-2-1-3-5-12/h1-8,19H,9-10H2. The molecule has 0 aliphatic heterocycles. The molecule has 0 amide bonds. The van der Waals surface area contributed by atoms with Crippen molar-refractivity contribution in [3.8, 4) is 5.75 Å². The average Bonchev–Trinajstić information content (AvgIpc) is 2.46. The summed E-state index contributed by atoms with van der Waals surface area (Å²) < 4.78 is 33.0. The van der Waals surface area contributed by atoms with Crippen LogP contribution >= 0.6 is 11.6 Å². The summed E-state index contributed by atoms with van der Waals surface area (Å²) in [5.41, 5.74) is 0.265. The van der Waals surface area contributed by atoms with E-state index in [2.05, 4.69) is 0 Å². The van der Waals surface area contributed by atoms with Crippen molar-refractivity contribution >= 4 is 11.6 Å². The van der Waals surface area contributed by atoms with Gasteiger partial charge in [-0.2, -0.15) is 8.78 Å². The number of aliphatic hydroxyl groups excluding tert-OH is 1. The fraction of sp³-hybridized carbons (Fsp3) is 0.200. The van der Waals surface area contributed by atoms with Crippen LogP contribution in [-0.2, 0) is 12.5 Å². The summed E-state index contributed by atoms with van der Waals surface area (Å²) in [4.78, 5) is 0. The molecule has 0 saturated carbocycles. The zero-order chi connectivity index (χ0) is 14.6. The molecule has 0 saturated heterocycles. The molecule has 0 aliphatic carbocycles. The van der Waals surface area contributed by atoms with Gasteiger partial charge >= 0.3 is 5.92 Å². The SMILES string of the molecule is OCc1cc(Cl)ccc1OCC(F)(F)c1ccccc1. The molecule has 20 heavy (non-hydrogen) atoms. The maximum atomic E-state index is 13.9. The molecule has 5 heteroatoms. The molecule has 1 N–H and O–H groups in total. The minimum Gasteiger partial charge on any atom is -0.487 e. The van der Waals surface area contributed by atoms with Crippen LogP contribution < -0.4 is 4.74 Å². The maximum absolute atomic E-state index is 13.9. The summed E-state index contributed by atoms with van der Waals surface area (Å²) in [5.74, 6) is -2.90. The third-order valence-electron chi connectivity index (χ3n) is 2.80. The first-order chi connectivity index (χ1) is 9.53. The van der Waals surface area contributed by atoms with Gasteiger partial charge in [0, 0.05) is 16.1 Å². The van der Waals surface area contributed by atoms with Crippen LogP contribution in [0.5, 0.6) is 5.75 Å². The Kier molecular flexibility index (Phi) is 4.57. The number of aliphatic hydroxyl groups is 1. The van der Waals surface area contributed by atoms with Gasteiger partial charge in [-0.25, -0.2) is 0 Å². The normalized spacial score (nSPS) is 11.4. The second-order valence-electron chi connectivity index (χ2n) is 4.27. The smallest absolute Gasteiger partial charge is 0.306 e. The number of halogens is 3. The van der Waals surface area contributed by atoms with E-state index >= 15 is 0 Å². The van der Waals surface area contributed by atoms with Crippen LogP contribution in [0.4, 0.5) is 8.78 Å². The van der Waals surface area contributed by atoms with Gasteiger partial charge in [0.1, 0.15) is 5.75 Å². The molecule has 0 spiro atoms. The molecule has 0 bridgehead atoms. The maximum Gasteiger partial charge on any atom is 0.306 e. The van der Waals surface area contributed by atoms with Gasteiger partial charge in [-0.1, -0.05) is 41.9 Å². The number of ether oxygens (including phenoxy) is 1. The van der Waals surface area contributed by atoms with E-state index in [1.807, 2.05) is 0 Å². The minimum absolute atomic E-state index is 0.112. The van der Waals surface area contributed by atoms with Crippen LogP contribution in [0, 0.1) is 0 Å². The van der Waals surface area contributed by atoms with E-state index in [-0.39, 0.29) is 17.9 Å². The molecule has 0 aromatic heterocycles. The Bertz CT molecular complexity index is 573. The number of rotatable bonds is 5. The molecular formula is C15H13ClF2O2. The van der Waals surface area contributed by atoms with Gasteiger partial charge in [-0.3, -0.25) is 0 Å². The van der Waals surface area contributed by atoms with Crippen molar-refractivity contribution < 1.29 is 18.6 Å². The third kappa shape index (κ3) is 3.46. The minimum atomic E-state index is -3.10. The Morgan fingerprint density at radius 3 is 2.45 bits per heavy atom. The lowest BCUT2D eigenvalue weighted by molar-refractivity contribution is -0.0471. The number of benzene rings is 2. The predicted octanol–water partition coefficient (Wildman–Crippen LogP) is 4.00. The van der Waals surface area contributed by atoms with Gasteiger partial charge in [-0.05, 0) is 18.2 Å². The molecule has 2 nitrogen and oxygen atoms in total. The van der Waals surface area contributed by atoms with Crippen LogP contribution in [0.3, 0.4) is 0 Å². The molecule has 0 heterocycles. The molecule has 0 radical (unpaired) electrons. The molecule has 0 aliphatic rings. The fourth-order valence-corrected chi connectivity index (χ4v) is 1.94. The van der Waals surface area contributed by atoms with Gasteiger partial charge in [0.25, 0.3) is 0 Å². The number of hydrogen-bond acceptors (Lipinski definition) is 2. The fourth-order valence-electron chi connectivity index (χ4n) is 1.75. The van der Waals surface area contributed by atoms with Gasteiger partial charge in [0.2, 0.25) is 0 Å². The Morgan fingerprint density at radius 1 is 1.10 bits per heavy atom. The molecule has 2 rings (SSSR count). The second kappa shape index (κ2) is 6.20. The molecule has 0 atom stereocenters. The zero-order valence-corrected chi connectivity index (χ0v) is 11.3. The van der Waals surface area contributed by atoms with E-state index in [0.717, 1.165) is 0 Å². The lowest BCUT2D eigenvalue weighted by Crippen LogP contribution is -2.23. The van der Waals surface area contributed by atoms with Gasteiger partial charge in [-0.15, -0.1) is 0 Å². The highest BCUT2D eigenvalue weighted by Crippen LogP contribution is 2.30. The largest absolute Gasteiger partial charge is 0.487 e. The van der Waals surface area contributed by atoms with Crippen molar-refractivity contribution in [3.63, 3.8) is 0 Å². The van der Waals surface area contributed by atoms with E-state index < -0.39 is 12.5 Å². The van der Waals surface area contributed by atoms with E-state index in [9.17, 15) is 8.78 Å². The topological polar surface area (TPSA) is 29.5 Å². The van der Waals surface area contributed by atoms with Crippen molar-refractivity contribution in [3.05, 3.63) is 64.7 Å². The quantitative estimate of drug-likeness (QED) is 0.904. The first-order valence-electron chi connectivity index (χ1n) is 5.98.